The standard InChI is InChI=1S/C19H14N4O3S/c24-19(14-10-22-15-4-2-1-3-13(14)15)18-6-5-12(27-18)9-21-16-7-8-20-11-17(16)23(25)26/h1-8,10-11,22H,9H2,(H,20,21). The minimum absolute atomic E-state index is 0.0430. The lowest BCUT2D eigenvalue weighted by molar-refractivity contribution is -0.384. The fraction of sp³-hybridized carbons (Fsp3) is 0.0526. The van der Waals surface area contributed by atoms with Crippen molar-refractivity contribution in [2.75, 3.05) is 5.32 Å². The molecule has 27 heavy (non-hydrogen) atoms. The number of carbonyl (C=O) groups excluding carboxylic acids is 1. The summed E-state index contributed by atoms with van der Waals surface area (Å²) in [4.78, 5) is 31.8. The number of hydrogen-bond acceptors (Lipinski definition) is 6. The van der Waals surface area contributed by atoms with Crippen LogP contribution in [0.4, 0.5) is 11.4 Å². The number of hydrogen-bond donors (Lipinski definition) is 2. The van der Waals surface area contributed by atoms with Crippen molar-refractivity contribution in [3.8, 4) is 0 Å². The first-order valence-electron chi connectivity index (χ1n) is 8.15. The molecule has 4 aromatic rings. The summed E-state index contributed by atoms with van der Waals surface area (Å²) in [5, 5.41) is 15.0. The Labute approximate surface area is 157 Å². The number of anilines is 1. The Morgan fingerprint density at radius 1 is 1.22 bits per heavy atom. The fourth-order valence-electron chi connectivity index (χ4n) is 2.85. The Hall–Kier alpha value is -3.52. The van der Waals surface area contributed by atoms with Gasteiger partial charge in [0.1, 0.15) is 11.9 Å². The third-order valence-corrected chi connectivity index (χ3v) is 5.25. The summed E-state index contributed by atoms with van der Waals surface area (Å²) in [6.45, 7) is 0.386. The maximum atomic E-state index is 12.8. The van der Waals surface area contributed by atoms with Gasteiger partial charge in [0, 0.05) is 40.3 Å². The van der Waals surface area contributed by atoms with Gasteiger partial charge in [0.05, 0.1) is 9.80 Å². The monoisotopic (exact) mass is 378 g/mol. The van der Waals surface area contributed by atoms with Crippen molar-refractivity contribution >= 4 is 39.4 Å². The first kappa shape index (κ1) is 16.9. The zero-order valence-corrected chi connectivity index (χ0v) is 14.8. The Morgan fingerprint density at radius 3 is 2.93 bits per heavy atom. The molecule has 0 atom stereocenters. The van der Waals surface area contributed by atoms with Crippen LogP contribution in [0.2, 0.25) is 0 Å². The summed E-state index contributed by atoms with van der Waals surface area (Å²) in [7, 11) is 0. The number of fused-ring (bicyclic) bond motifs is 1. The number of para-hydroxylation sites is 1. The lowest BCUT2D eigenvalue weighted by Gasteiger charge is -2.04. The quantitative estimate of drug-likeness (QED) is 0.295. The number of carbonyl (C=O) groups is 1. The number of pyridine rings is 1. The Kier molecular flexibility index (Phi) is 4.39. The molecular formula is C19H14N4O3S. The third-order valence-electron chi connectivity index (χ3n) is 4.17. The van der Waals surface area contributed by atoms with Gasteiger partial charge in [0.2, 0.25) is 5.78 Å². The first-order chi connectivity index (χ1) is 13.1. The van der Waals surface area contributed by atoms with Crippen LogP contribution in [0.1, 0.15) is 20.1 Å². The molecular weight excluding hydrogens is 364 g/mol. The zero-order chi connectivity index (χ0) is 18.8. The average molecular weight is 378 g/mol. The van der Waals surface area contributed by atoms with Crippen molar-refractivity contribution in [2.45, 2.75) is 6.54 Å². The zero-order valence-electron chi connectivity index (χ0n) is 14.0. The van der Waals surface area contributed by atoms with Crippen LogP contribution in [0.25, 0.3) is 10.9 Å². The Morgan fingerprint density at radius 2 is 2.07 bits per heavy atom. The third kappa shape index (κ3) is 3.30. The van der Waals surface area contributed by atoms with E-state index in [9.17, 15) is 14.9 Å². The van der Waals surface area contributed by atoms with Crippen LogP contribution < -0.4 is 5.32 Å². The number of ketones is 1. The maximum absolute atomic E-state index is 12.8. The predicted octanol–water partition coefficient (Wildman–Crippen LogP) is 4.38. The number of nitro groups is 1. The van der Waals surface area contributed by atoms with Crippen LogP contribution >= 0.6 is 11.3 Å². The molecule has 0 unspecified atom stereocenters. The van der Waals surface area contributed by atoms with Crippen LogP contribution in [0, 0.1) is 10.1 Å². The summed E-state index contributed by atoms with van der Waals surface area (Å²) in [5.41, 5.74) is 1.87. The van der Waals surface area contributed by atoms with E-state index in [0.29, 0.717) is 22.7 Å². The van der Waals surface area contributed by atoms with Crippen molar-refractivity contribution in [2.24, 2.45) is 0 Å². The van der Waals surface area contributed by atoms with E-state index in [1.165, 1.54) is 23.7 Å². The molecule has 7 nitrogen and oxygen atoms in total. The smallest absolute Gasteiger partial charge is 0.310 e. The molecule has 0 fully saturated rings. The number of aromatic nitrogens is 2. The van der Waals surface area contributed by atoms with E-state index in [1.807, 2.05) is 30.3 Å². The van der Waals surface area contributed by atoms with E-state index in [1.54, 1.807) is 18.3 Å². The molecule has 0 radical (unpaired) electrons. The van der Waals surface area contributed by atoms with Crippen LogP contribution in [-0.4, -0.2) is 20.7 Å². The minimum atomic E-state index is -0.476. The number of nitrogens with one attached hydrogen (secondary N) is 2. The number of H-pyrrole nitrogens is 1. The minimum Gasteiger partial charge on any atom is -0.375 e. The van der Waals surface area contributed by atoms with Crippen molar-refractivity contribution < 1.29 is 9.72 Å². The van der Waals surface area contributed by atoms with Gasteiger partial charge in [0.15, 0.2) is 0 Å². The number of aromatic amines is 1. The van der Waals surface area contributed by atoms with Crippen LogP contribution in [-0.2, 0) is 6.54 Å². The molecule has 2 N–H and O–H groups in total. The van der Waals surface area contributed by atoms with Crippen LogP contribution in [0.5, 0.6) is 0 Å². The van der Waals surface area contributed by atoms with E-state index in [-0.39, 0.29) is 11.5 Å². The van der Waals surface area contributed by atoms with Gasteiger partial charge in [-0.2, -0.15) is 0 Å². The Balaban J connectivity index is 1.52. The maximum Gasteiger partial charge on any atom is 0.310 e. The van der Waals surface area contributed by atoms with E-state index in [0.717, 1.165) is 15.8 Å². The molecule has 134 valence electrons. The number of benzene rings is 1. The van der Waals surface area contributed by atoms with Crippen molar-refractivity contribution in [1.29, 1.82) is 0 Å². The van der Waals surface area contributed by atoms with Gasteiger partial charge in [-0.05, 0) is 24.3 Å². The molecule has 0 spiro atoms. The second kappa shape index (κ2) is 7.00. The van der Waals surface area contributed by atoms with Gasteiger partial charge in [-0.25, -0.2) is 0 Å². The second-order valence-electron chi connectivity index (χ2n) is 5.85. The molecule has 0 bridgehead atoms. The highest BCUT2D eigenvalue weighted by Crippen LogP contribution is 2.27. The average Bonchev–Trinajstić information content (AvgIpc) is 3.33. The summed E-state index contributed by atoms with van der Waals surface area (Å²) in [5.74, 6) is -0.0430. The number of rotatable bonds is 6. The molecule has 0 saturated heterocycles. The van der Waals surface area contributed by atoms with Gasteiger partial charge in [-0.1, -0.05) is 18.2 Å². The highest BCUT2D eigenvalue weighted by Gasteiger charge is 2.17. The molecule has 0 aliphatic carbocycles. The van der Waals surface area contributed by atoms with Crippen LogP contribution in [0.15, 0.2) is 61.1 Å². The number of nitrogens with zero attached hydrogens (tertiary/aromatic N) is 2. The SMILES string of the molecule is O=C(c1ccc(CNc2ccncc2[N+](=O)[O-])s1)c1c[nH]c2ccccc12. The van der Waals surface area contributed by atoms with Gasteiger partial charge in [0.25, 0.3) is 0 Å². The largest absolute Gasteiger partial charge is 0.375 e. The van der Waals surface area contributed by atoms with Crippen molar-refractivity contribution in [3.63, 3.8) is 0 Å². The van der Waals surface area contributed by atoms with E-state index < -0.39 is 4.92 Å². The highest BCUT2D eigenvalue weighted by atomic mass is 32.1. The normalized spacial score (nSPS) is 10.8. The molecule has 0 aliphatic rings. The molecule has 3 heterocycles. The first-order valence-corrected chi connectivity index (χ1v) is 8.97. The lowest BCUT2D eigenvalue weighted by atomic mass is 10.1. The Bertz CT molecular complexity index is 1150. The van der Waals surface area contributed by atoms with E-state index in [2.05, 4.69) is 15.3 Å². The molecule has 0 aliphatic heterocycles. The van der Waals surface area contributed by atoms with Crippen LogP contribution in [0.3, 0.4) is 0 Å². The van der Waals surface area contributed by atoms with Gasteiger partial charge >= 0.3 is 5.69 Å². The molecule has 0 saturated carbocycles. The van der Waals surface area contributed by atoms with Gasteiger partial charge < -0.3 is 10.3 Å². The molecule has 3 aromatic heterocycles. The second-order valence-corrected chi connectivity index (χ2v) is 7.01. The number of thiophene rings is 1. The van der Waals surface area contributed by atoms with E-state index >= 15 is 0 Å². The summed E-state index contributed by atoms with van der Waals surface area (Å²) in [6, 6.07) is 12.9. The summed E-state index contributed by atoms with van der Waals surface area (Å²) >= 11 is 1.37. The summed E-state index contributed by atoms with van der Waals surface area (Å²) < 4.78 is 0. The fourth-order valence-corrected chi connectivity index (χ4v) is 3.75. The highest BCUT2D eigenvalue weighted by molar-refractivity contribution is 7.14. The van der Waals surface area contributed by atoms with Crippen molar-refractivity contribution in [3.05, 3.63) is 86.5 Å². The van der Waals surface area contributed by atoms with Gasteiger partial charge in [-0.15, -0.1) is 11.3 Å². The lowest BCUT2D eigenvalue weighted by Crippen LogP contribution is -2.01. The molecule has 1 aromatic carbocycles. The summed E-state index contributed by atoms with van der Waals surface area (Å²) in [6.07, 6.45) is 4.43. The van der Waals surface area contributed by atoms with Crippen molar-refractivity contribution in [1.82, 2.24) is 9.97 Å². The topological polar surface area (TPSA) is 101 Å². The molecule has 4 rings (SSSR count). The van der Waals surface area contributed by atoms with Gasteiger partial charge in [-0.3, -0.25) is 19.9 Å². The predicted molar refractivity (Wildman–Crippen MR) is 104 cm³/mol. The molecule has 8 heteroatoms. The molecule has 0 amide bonds. The van der Waals surface area contributed by atoms with E-state index in [4.69, 9.17) is 0 Å².